The van der Waals surface area contributed by atoms with Crippen molar-refractivity contribution >= 4 is 28.9 Å². The van der Waals surface area contributed by atoms with E-state index in [4.69, 9.17) is 10.2 Å². The Morgan fingerprint density at radius 3 is 2.13 bits per heavy atom. The number of aromatic nitrogens is 1. The second-order valence-electron chi connectivity index (χ2n) is 11.2. The van der Waals surface area contributed by atoms with Gasteiger partial charge in [0.25, 0.3) is 0 Å². The Kier molecular flexibility index (Phi) is 11.7. The number of benzene rings is 3. The first-order chi connectivity index (χ1) is 22.1. The first-order valence-electron chi connectivity index (χ1n) is 15.4. The molecule has 1 aromatic heterocycles. The molecular formula is C37H40N2O7. The summed E-state index contributed by atoms with van der Waals surface area (Å²) in [4.78, 5) is 33.3. The van der Waals surface area contributed by atoms with Crippen molar-refractivity contribution in [3.05, 3.63) is 128 Å². The molecule has 6 N–H and O–H groups in total. The number of phenols is 1. The molecule has 0 fully saturated rings. The smallest absolute Gasteiger partial charge is 0.328 e. The number of aryl methyl sites for hydroxylation is 2. The third-order valence-corrected chi connectivity index (χ3v) is 8.14. The lowest BCUT2D eigenvalue weighted by atomic mass is 9.97. The van der Waals surface area contributed by atoms with Crippen LogP contribution in [0, 0.1) is 0 Å². The molecule has 0 aliphatic heterocycles. The van der Waals surface area contributed by atoms with Gasteiger partial charge in [0.2, 0.25) is 5.56 Å². The first-order valence-corrected chi connectivity index (χ1v) is 15.4. The number of carbonyl (C=O) groups is 2. The van der Waals surface area contributed by atoms with Crippen LogP contribution in [0.25, 0.3) is 17.0 Å². The Morgan fingerprint density at radius 1 is 0.913 bits per heavy atom. The van der Waals surface area contributed by atoms with E-state index >= 15 is 0 Å². The minimum atomic E-state index is -1.26. The lowest BCUT2D eigenvalue weighted by Gasteiger charge is -2.18. The highest BCUT2D eigenvalue weighted by molar-refractivity contribution is 5.89. The van der Waals surface area contributed by atoms with E-state index in [0.717, 1.165) is 32.1 Å². The van der Waals surface area contributed by atoms with Gasteiger partial charge in [-0.2, -0.15) is 0 Å². The van der Waals surface area contributed by atoms with Crippen LogP contribution in [-0.2, 0) is 41.7 Å². The molecule has 1 heterocycles. The summed E-state index contributed by atoms with van der Waals surface area (Å²) in [6.07, 6.45) is 9.95. The van der Waals surface area contributed by atoms with E-state index in [-0.39, 0.29) is 11.3 Å². The third kappa shape index (κ3) is 8.80. The van der Waals surface area contributed by atoms with E-state index in [1.165, 1.54) is 45.5 Å². The van der Waals surface area contributed by atoms with Crippen LogP contribution < -0.4 is 10.9 Å². The number of aromatic amines is 1. The lowest BCUT2D eigenvalue weighted by Crippen LogP contribution is -2.33. The largest absolute Gasteiger partial charge is 0.506 e. The Bertz CT molecular complexity index is 1770. The Labute approximate surface area is 267 Å². The molecule has 6 rings (SSSR count). The standard InChI is InChI=1S/C24H28N2O3.C9H8.C4H4O4/c1-3-14-9-16-11-18(12-17(16)10-15(14)4-2)25-13-22(28)19-5-7-21(27)24-20(19)6-8-23(29)26-24;1-2-5-9-7-3-6-8(9)4-1;5-3(6)1-2-4(7)8/h5-10,18,22,25,27-28H,3-4,11-13H2,1-2H3,(H,26,29);1-6H,7H2;1-2H,(H,5,6)(H,7,8)/b;;2-1+/t22-;;/m0../s1. The predicted molar refractivity (Wildman–Crippen MR) is 179 cm³/mol. The van der Waals surface area contributed by atoms with Crippen LogP contribution in [0.4, 0.5) is 0 Å². The Hall–Kier alpha value is -4.99. The molecule has 0 amide bonds. The highest BCUT2D eigenvalue weighted by Crippen LogP contribution is 2.30. The van der Waals surface area contributed by atoms with E-state index < -0.39 is 18.0 Å². The number of hydrogen-bond donors (Lipinski definition) is 6. The molecule has 240 valence electrons. The molecule has 0 saturated carbocycles. The molecule has 0 radical (unpaired) electrons. The maximum atomic E-state index is 11.6. The van der Waals surface area contributed by atoms with Gasteiger partial charge in [-0.15, -0.1) is 0 Å². The summed E-state index contributed by atoms with van der Waals surface area (Å²) in [6.45, 7) is 4.83. The molecule has 0 saturated heterocycles. The summed E-state index contributed by atoms with van der Waals surface area (Å²) < 4.78 is 0. The monoisotopic (exact) mass is 624 g/mol. The van der Waals surface area contributed by atoms with Crippen molar-refractivity contribution in [3.63, 3.8) is 0 Å². The summed E-state index contributed by atoms with van der Waals surface area (Å²) in [5.74, 6) is -2.51. The van der Waals surface area contributed by atoms with Crippen LogP contribution >= 0.6 is 0 Å². The number of pyridine rings is 1. The molecule has 46 heavy (non-hydrogen) atoms. The average molecular weight is 625 g/mol. The zero-order chi connectivity index (χ0) is 33.2. The van der Waals surface area contributed by atoms with Crippen LogP contribution in [0.3, 0.4) is 0 Å². The van der Waals surface area contributed by atoms with Gasteiger partial charge in [-0.05, 0) is 83.2 Å². The van der Waals surface area contributed by atoms with Gasteiger partial charge >= 0.3 is 11.9 Å². The van der Waals surface area contributed by atoms with Crippen LogP contribution in [0.1, 0.15) is 58.9 Å². The maximum Gasteiger partial charge on any atom is 0.328 e. The molecule has 2 aliphatic carbocycles. The summed E-state index contributed by atoms with van der Waals surface area (Å²) in [6, 6.07) is 19.8. The molecule has 9 nitrogen and oxygen atoms in total. The SMILES string of the molecule is C1=Cc2ccccc2C1.CCc1cc2c(cc1CC)CC(NC[C@H](O)c1ccc(O)c3[nH]c(=O)ccc13)C2.O=C(O)/C=C/C(=O)O. The van der Waals surface area contributed by atoms with Gasteiger partial charge in [0, 0.05) is 36.2 Å². The number of hydrogen-bond acceptors (Lipinski definition) is 6. The molecule has 9 heteroatoms. The quantitative estimate of drug-likeness (QED) is 0.147. The van der Waals surface area contributed by atoms with Gasteiger partial charge in [0.1, 0.15) is 5.75 Å². The summed E-state index contributed by atoms with van der Waals surface area (Å²) in [7, 11) is 0. The number of aliphatic hydroxyl groups excluding tert-OH is 1. The molecule has 3 aromatic carbocycles. The van der Waals surface area contributed by atoms with Gasteiger partial charge in [-0.1, -0.05) is 68.5 Å². The number of aromatic hydroxyl groups is 1. The second kappa shape index (κ2) is 15.8. The van der Waals surface area contributed by atoms with Crippen molar-refractivity contribution in [2.24, 2.45) is 0 Å². The number of allylic oxidation sites excluding steroid dienone is 1. The van der Waals surface area contributed by atoms with Gasteiger partial charge in [-0.25, -0.2) is 9.59 Å². The van der Waals surface area contributed by atoms with Crippen molar-refractivity contribution in [2.75, 3.05) is 6.54 Å². The minimum absolute atomic E-state index is 0.00584. The summed E-state index contributed by atoms with van der Waals surface area (Å²) >= 11 is 0. The van der Waals surface area contributed by atoms with Crippen molar-refractivity contribution in [1.29, 1.82) is 0 Å². The number of fused-ring (bicyclic) bond motifs is 3. The van der Waals surface area contributed by atoms with Gasteiger partial charge in [0.05, 0.1) is 11.6 Å². The molecule has 4 aromatic rings. The van der Waals surface area contributed by atoms with Gasteiger partial charge < -0.3 is 30.7 Å². The Balaban J connectivity index is 0.000000229. The fraction of sp³-hybridized carbons (Fsp3) is 0.270. The number of phenolic OH excluding ortho intramolecular Hbond substituents is 1. The van der Waals surface area contributed by atoms with Crippen LogP contribution in [0.15, 0.2) is 83.7 Å². The molecule has 0 bridgehead atoms. The number of aliphatic hydroxyl groups is 1. The van der Waals surface area contributed by atoms with Crippen molar-refractivity contribution in [1.82, 2.24) is 10.3 Å². The number of carboxylic acid groups (broad SMARTS) is 2. The second-order valence-corrected chi connectivity index (χ2v) is 11.2. The van der Waals surface area contributed by atoms with Crippen molar-refractivity contribution < 1.29 is 30.0 Å². The van der Waals surface area contributed by atoms with E-state index in [9.17, 15) is 24.6 Å². The normalized spacial score (nSPS) is 13.8. The molecule has 1 atom stereocenters. The fourth-order valence-corrected chi connectivity index (χ4v) is 5.85. The number of H-pyrrole nitrogens is 1. The molecule has 0 spiro atoms. The average Bonchev–Trinajstić information content (AvgIpc) is 3.69. The first kappa shape index (κ1) is 33.9. The Morgan fingerprint density at radius 2 is 1.54 bits per heavy atom. The topological polar surface area (TPSA) is 160 Å². The van der Waals surface area contributed by atoms with E-state index in [1.54, 1.807) is 12.1 Å². The number of nitrogens with one attached hydrogen (secondary N) is 2. The summed E-state index contributed by atoms with van der Waals surface area (Å²) in [5, 5.41) is 40.6. The molecule has 2 aliphatic rings. The maximum absolute atomic E-state index is 11.6. The van der Waals surface area contributed by atoms with Gasteiger partial charge in [0.15, 0.2) is 0 Å². The van der Waals surface area contributed by atoms with Gasteiger partial charge in [-0.3, -0.25) is 4.79 Å². The predicted octanol–water partition coefficient (Wildman–Crippen LogP) is 5.12. The fourth-order valence-electron chi connectivity index (χ4n) is 5.85. The highest BCUT2D eigenvalue weighted by Gasteiger charge is 2.24. The zero-order valence-electron chi connectivity index (χ0n) is 26.0. The highest BCUT2D eigenvalue weighted by atomic mass is 16.4. The van der Waals surface area contributed by atoms with Crippen LogP contribution in [-0.4, -0.2) is 49.9 Å². The number of carboxylic acids is 2. The lowest BCUT2D eigenvalue weighted by molar-refractivity contribution is -0.134. The van der Waals surface area contributed by atoms with E-state index in [2.05, 4.69) is 72.7 Å². The molecular weight excluding hydrogens is 584 g/mol. The number of aliphatic carboxylic acids is 2. The van der Waals surface area contributed by atoms with Crippen LogP contribution in [0.5, 0.6) is 5.75 Å². The van der Waals surface area contributed by atoms with Crippen LogP contribution in [0.2, 0.25) is 0 Å². The van der Waals surface area contributed by atoms with E-state index in [1.807, 2.05) is 0 Å². The minimum Gasteiger partial charge on any atom is -0.506 e. The molecule has 0 unspecified atom stereocenters. The van der Waals surface area contributed by atoms with Crippen molar-refractivity contribution in [2.45, 2.75) is 58.1 Å². The number of rotatable bonds is 8. The van der Waals surface area contributed by atoms with Crippen molar-refractivity contribution in [3.8, 4) is 5.75 Å². The van der Waals surface area contributed by atoms with E-state index in [0.29, 0.717) is 41.2 Å². The summed E-state index contributed by atoms with van der Waals surface area (Å²) in [5.41, 5.74) is 9.33. The third-order valence-electron chi connectivity index (χ3n) is 8.14. The zero-order valence-corrected chi connectivity index (χ0v) is 26.0.